The Morgan fingerprint density at radius 1 is 1.00 bits per heavy atom. The number of hydrogen-bond acceptors (Lipinski definition) is 1. The zero-order chi connectivity index (χ0) is 13.2. The van der Waals surface area contributed by atoms with E-state index in [-0.39, 0.29) is 0 Å². The van der Waals surface area contributed by atoms with Crippen LogP contribution in [-0.2, 0) is 0 Å². The standard InChI is InChI=1S/C8H7ClF6O/c1-5(2,16)3-4(9)7(12,13)8(14,15)6(3,10)11/h16H,1-2H3. The van der Waals surface area contributed by atoms with E-state index in [2.05, 4.69) is 0 Å². The highest BCUT2D eigenvalue weighted by Crippen LogP contribution is 2.62. The molecule has 16 heavy (non-hydrogen) atoms. The second-order valence-electron chi connectivity index (χ2n) is 3.97. The van der Waals surface area contributed by atoms with Crippen LogP contribution in [0.15, 0.2) is 10.6 Å². The van der Waals surface area contributed by atoms with E-state index in [4.69, 9.17) is 11.6 Å². The Bertz CT molecular complexity index is 354. The number of halogens is 7. The molecule has 94 valence electrons. The van der Waals surface area contributed by atoms with Crippen LogP contribution in [0.5, 0.6) is 0 Å². The van der Waals surface area contributed by atoms with Crippen LogP contribution < -0.4 is 0 Å². The van der Waals surface area contributed by atoms with Crippen LogP contribution in [-0.4, -0.2) is 28.5 Å². The maximum Gasteiger partial charge on any atom is 0.381 e. The smallest absolute Gasteiger partial charge is 0.381 e. The highest BCUT2D eigenvalue weighted by molar-refractivity contribution is 6.31. The van der Waals surface area contributed by atoms with Crippen LogP contribution in [0.1, 0.15) is 13.8 Å². The highest BCUT2D eigenvalue weighted by Gasteiger charge is 2.81. The minimum atomic E-state index is -5.65. The lowest BCUT2D eigenvalue weighted by Crippen LogP contribution is -2.50. The van der Waals surface area contributed by atoms with Crippen molar-refractivity contribution in [2.24, 2.45) is 0 Å². The first-order valence-electron chi connectivity index (χ1n) is 4.05. The summed E-state index contributed by atoms with van der Waals surface area (Å²) < 4.78 is 77.5. The van der Waals surface area contributed by atoms with Crippen molar-refractivity contribution in [1.82, 2.24) is 0 Å². The molecule has 0 heterocycles. The van der Waals surface area contributed by atoms with E-state index in [9.17, 15) is 31.4 Å². The number of hydrogen-bond donors (Lipinski definition) is 1. The van der Waals surface area contributed by atoms with E-state index in [1.54, 1.807) is 0 Å². The molecule has 0 saturated carbocycles. The van der Waals surface area contributed by atoms with Crippen molar-refractivity contribution >= 4 is 11.6 Å². The highest BCUT2D eigenvalue weighted by atomic mass is 35.5. The van der Waals surface area contributed by atoms with Gasteiger partial charge in [-0.15, -0.1) is 0 Å². The molecule has 1 aliphatic rings. The molecule has 1 rings (SSSR count). The van der Waals surface area contributed by atoms with Gasteiger partial charge in [-0.2, -0.15) is 26.3 Å². The summed E-state index contributed by atoms with van der Waals surface area (Å²) in [4.78, 5) is 0. The topological polar surface area (TPSA) is 20.2 Å². The largest absolute Gasteiger partial charge is 0.386 e. The van der Waals surface area contributed by atoms with Crippen molar-refractivity contribution in [2.75, 3.05) is 0 Å². The van der Waals surface area contributed by atoms with E-state index >= 15 is 0 Å². The Morgan fingerprint density at radius 2 is 1.38 bits per heavy atom. The molecule has 0 unspecified atom stereocenters. The maximum absolute atomic E-state index is 13.1. The lowest BCUT2D eigenvalue weighted by molar-refractivity contribution is -0.266. The van der Waals surface area contributed by atoms with Crippen molar-refractivity contribution in [3.63, 3.8) is 0 Å². The second kappa shape index (κ2) is 3.07. The van der Waals surface area contributed by atoms with Gasteiger partial charge >= 0.3 is 17.8 Å². The van der Waals surface area contributed by atoms with Gasteiger partial charge < -0.3 is 5.11 Å². The third kappa shape index (κ3) is 1.37. The summed E-state index contributed by atoms with van der Waals surface area (Å²) in [6.45, 7) is 1.35. The summed E-state index contributed by atoms with van der Waals surface area (Å²) in [6.07, 6.45) is 0. The average molecular weight is 269 g/mol. The van der Waals surface area contributed by atoms with Crippen molar-refractivity contribution in [1.29, 1.82) is 0 Å². The summed E-state index contributed by atoms with van der Waals surface area (Å²) in [5.41, 5.74) is -4.42. The lowest BCUT2D eigenvalue weighted by Gasteiger charge is -2.28. The molecular formula is C8H7ClF6O. The van der Waals surface area contributed by atoms with Crippen LogP contribution in [0.2, 0.25) is 0 Å². The van der Waals surface area contributed by atoms with E-state index in [1.165, 1.54) is 0 Å². The zero-order valence-electron chi connectivity index (χ0n) is 8.09. The lowest BCUT2D eigenvalue weighted by atomic mass is 9.94. The fourth-order valence-corrected chi connectivity index (χ4v) is 1.91. The average Bonchev–Trinajstić information content (AvgIpc) is 2.06. The van der Waals surface area contributed by atoms with Gasteiger partial charge in [0.05, 0.1) is 11.2 Å². The van der Waals surface area contributed by atoms with Crippen molar-refractivity contribution < 1.29 is 31.4 Å². The Morgan fingerprint density at radius 3 is 1.50 bits per heavy atom. The monoisotopic (exact) mass is 268 g/mol. The number of rotatable bonds is 1. The minimum absolute atomic E-state index is 0.677. The first kappa shape index (κ1) is 13.6. The van der Waals surface area contributed by atoms with E-state index in [1.807, 2.05) is 0 Å². The van der Waals surface area contributed by atoms with Crippen LogP contribution in [0.3, 0.4) is 0 Å². The zero-order valence-corrected chi connectivity index (χ0v) is 8.85. The molecule has 1 nitrogen and oxygen atoms in total. The first-order valence-corrected chi connectivity index (χ1v) is 4.42. The van der Waals surface area contributed by atoms with E-state index in [0.29, 0.717) is 13.8 Å². The number of aliphatic hydroxyl groups is 1. The molecule has 0 aliphatic heterocycles. The summed E-state index contributed by atoms with van der Waals surface area (Å²) in [5, 5.41) is 7.19. The van der Waals surface area contributed by atoms with Gasteiger partial charge in [0.2, 0.25) is 0 Å². The molecule has 0 radical (unpaired) electrons. The van der Waals surface area contributed by atoms with Gasteiger partial charge in [0.15, 0.2) is 0 Å². The van der Waals surface area contributed by atoms with Crippen molar-refractivity contribution in [2.45, 2.75) is 37.2 Å². The van der Waals surface area contributed by atoms with Crippen LogP contribution in [0.25, 0.3) is 0 Å². The number of alkyl halides is 6. The number of allylic oxidation sites excluding steroid dienone is 1. The summed E-state index contributed by atoms with van der Waals surface area (Å²) in [7, 11) is 0. The van der Waals surface area contributed by atoms with E-state index in [0.717, 1.165) is 0 Å². The third-order valence-corrected chi connectivity index (χ3v) is 2.64. The predicted octanol–water partition coefficient (Wildman–Crippen LogP) is 3.17. The van der Waals surface area contributed by atoms with E-state index < -0.39 is 34.0 Å². The fourth-order valence-electron chi connectivity index (χ4n) is 1.44. The van der Waals surface area contributed by atoms with Gasteiger partial charge in [-0.05, 0) is 13.8 Å². The quantitative estimate of drug-likeness (QED) is 0.724. The summed E-state index contributed by atoms with van der Waals surface area (Å²) in [5.74, 6) is -16.0. The molecule has 0 bridgehead atoms. The van der Waals surface area contributed by atoms with Gasteiger partial charge in [0, 0.05) is 0 Å². The van der Waals surface area contributed by atoms with Crippen molar-refractivity contribution in [3.05, 3.63) is 10.6 Å². The van der Waals surface area contributed by atoms with Crippen LogP contribution in [0, 0.1) is 0 Å². The molecule has 0 fully saturated rings. The van der Waals surface area contributed by atoms with Gasteiger partial charge in [0.25, 0.3) is 0 Å². The molecule has 0 aromatic carbocycles. The molecule has 0 aromatic heterocycles. The van der Waals surface area contributed by atoms with Gasteiger partial charge in [-0.3, -0.25) is 0 Å². The molecular weight excluding hydrogens is 262 g/mol. The molecule has 1 aliphatic carbocycles. The third-order valence-electron chi connectivity index (χ3n) is 2.21. The molecule has 0 atom stereocenters. The Labute approximate surface area is 91.7 Å². The molecule has 0 amide bonds. The Balaban J connectivity index is 3.55. The van der Waals surface area contributed by atoms with Gasteiger partial charge in [0.1, 0.15) is 5.03 Å². The summed E-state index contributed by atoms with van der Waals surface area (Å²) >= 11 is 4.83. The van der Waals surface area contributed by atoms with Gasteiger partial charge in [-0.25, -0.2) is 0 Å². The van der Waals surface area contributed by atoms with Crippen LogP contribution in [0.4, 0.5) is 26.3 Å². The van der Waals surface area contributed by atoms with Crippen molar-refractivity contribution in [3.8, 4) is 0 Å². The molecule has 8 heteroatoms. The summed E-state index contributed by atoms with van der Waals surface area (Å²) in [6, 6.07) is 0. The maximum atomic E-state index is 13.1. The fraction of sp³-hybridized carbons (Fsp3) is 0.750. The molecule has 0 spiro atoms. The first-order chi connectivity index (χ1) is 6.78. The van der Waals surface area contributed by atoms with Gasteiger partial charge in [-0.1, -0.05) is 11.6 Å². The SMILES string of the molecule is CC(C)(O)C1=C(Cl)C(F)(F)C(F)(F)C1(F)F. The molecule has 0 saturated heterocycles. The predicted molar refractivity (Wildman–Crippen MR) is 44.0 cm³/mol. The molecule has 0 aromatic rings. The second-order valence-corrected chi connectivity index (χ2v) is 4.35. The minimum Gasteiger partial charge on any atom is -0.386 e. The Hall–Kier alpha value is -0.430. The Kier molecular flexibility index (Phi) is 2.61. The normalized spacial score (nSPS) is 27.4. The van der Waals surface area contributed by atoms with Crippen LogP contribution >= 0.6 is 11.6 Å². The molecule has 1 N–H and O–H groups in total.